The van der Waals surface area contributed by atoms with Gasteiger partial charge in [0.25, 0.3) is 0 Å². The molecule has 3 rings (SSSR count). The third-order valence-electron chi connectivity index (χ3n) is 3.89. The fourth-order valence-electron chi connectivity index (χ4n) is 2.73. The van der Waals surface area contributed by atoms with Crippen LogP contribution in [0.15, 0.2) is 29.6 Å². The molecule has 3 heterocycles. The van der Waals surface area contributed by atoms with Crippen LogP contribution in [0.2, 0.25) is 0 Å². The number of hydrogen-bond donors (Lipinski definition) is 0. The van der Waals surface area contributed by atoms with Crippen LogP contribution in [0, 0.1) is 6.92 Å². The Hall–Kier alpha value is -1.50. The second kappa shape index (κ2) is 7.38. The van der Waals surface area contributed by atoms with Gasteiger partial charge in [0.2, 0.25) is 5.91 Å². The number of morpholine rings is 1. The molecule has 0 spiro atoms. The van der Waals surface area contributed by atoms with Crippen LogP contribution in [0.25, 0.3) is 0 Å². The van der Waals surface area contributed by atoms with Gasteiger partial charge >= 0.3 is 0 Å². The van der Waals surface area contributed by atoms with E-state index in [1.165, 1.54) is 16.2 Å². The molecule has 2 aromatic heterocycles. The van der Waals surface area contributed by atoms with E-state index < -0.39 is 0 Å². The number of amides is 1. The largest absolute Gasteiger partial charge is 0.377 e. The van der Waals surface area contributed by atoms with Gasteiger partial charge in [0.1, 0.15) is 0 Å². The van der Waals surface area contributed by atoms with Gasteiger partial charge in [0, 0.05) is 22.7 Å². The second-order valence-electron chi connectivity index (χ2n) is 5.61. The lowest BCUT2D eigenvalue weighted by Gasteiger charge is -2.35. The summed E-state index contributed by atoms with van der Waals surface area (Å²) < 4.78 is 5.49. The molecular formula is C17H19NO3S2. The maximum Gasteiger partial charge on any atom is 0.228 e. The van der Waals surface area contributed by atoms with Crippen molar-refractivity contribution in [2.24, 2.45) is 0 Å². The van der Waals surface area contributed by atoms with Gasteiger partial charge in [-0.05, 0) is 30.5 Å². The highest BCUT2D eigenvalue weighted by Crippen LogP contribution is 2.20. The predicted octanol–water partition coefficient (Wildman–Crippen LogP) is 3.16. The van der Waals surface area contributed by atoms with E-state index in [9.17, 15) is 9.59 Å². The van der Waals surface area contributed by atoms with Crippen LogP contribution in [0.4, 0.5) is 0 Å². The highest BCUT2D eigenvalue weighted by molar-refractivity contribution is 7.12. The Morgan fingerprint density at radius 2 is 2.22 bits per heavy atom. The van der Waals surface area contributed by atoms with E-state index >= 15 is 0 Å². The van der Waals surface area contributed by atoms with Crippen LogP contribution in [0.5, 0.6) is 0 Å². The van der Waals surface area contributed by atoms with Crippen LogP contribution < -0.4 is 0 Å². The molecule has 0 aromatic carbocycles. The van der Waals surface area contributed by atoms with Crippen LogP contribution in [0.1, 0.15) is 25.8 Å². The number of ketones is 1. The van der Waals surface area contributed by atoms with Crippen LogP contribution in [-0.2, 0) is 16.0 Å². The topological polar surface area (TPSA) is 46.6 Å². The molecule has 1 aliphatic heterocycles. The second-order valence-corrected chi connectivity index (χ2v) is 7.93. The normalized spacial score (nSPS) is 18.1. The van der Waals surface area contributed by atoms with E-state index in [0.29, 0.717) is 32.6 Å². The Morgan fingerprint density at radius 1 is 1.35 bits per heavy atom. The number of hydrogen-bond acceptors (Lipinski definition) is 5. The summed E-state index contributed by atoms with van der Waals surface area (Å²) in [5, 5.41) is 1.90. The lowest BCUT2D eigenvalue weighted by molar-refractivity contribution is -0.138. The minimum Gasteiger partial charge on any atom is -0.377 e. The van der Waals surface area contributed by atoms with Gasteiger partial charge in [-0.15, -0.1) is 22.7 Å². The van der Waals surface area contributed by atoms with Crippen molar-refractivity contribution >= 4 is 34.4 Å². The highest BCUT2D eigenvalue weighted by Gasteiger charge is 2.29. The first-order chi connectivity index (χ1) is 11.1. The van der Waals surface area contributed by atoms with Crippen molar-refractivity contribution in [1.29, 1.82) is 0 Å². The Kier molecular flexibility index (Phi) is 5.25. The van der Waals surface area contributed by atoms with Crippen molar-refractivity contribution < 1.29 is 14.3 Å². The molecule has 0 unspecified atom stereocenters. The first-order valence-corrected chi connectivity index (χ1v) is 9.32. The summed E-state index contributed by atoms with van der Waals surface area (Å²) in [6, 6.07) is 7.58. The molecule has 1 saturated heterocycles. The zero-order valence-electron chi connectivity index (χ0n) is 13.0. The highest BCUT2D eigenvalue weighted by atomic mass is 32.1. The van der Waals surface area contributed by atoms with Crippen molar-refractivity contribution in [2.45, 2.75) is 25.8 Å². The Balaban J connectivity index is 1.65. The maximum atomic E-state index is 12.6. The number of rotatable bonds is 5. The molecule has 4 nitrogen and oxygen atoms in total. The van der Waals surface area contributed by atoms with Gasteiger partial charge in [-0.25, -0.2) is 0 Å². The zero-order valence-corrected chi connectivity index (χ0v) is 14.6. The van der Waals surface area contributed by atoms with Crippen molar-refractivity contribution in [2.75, 3.05) is 19.8 Å². The van der Waals surface area contributed by atoms with Gasteiger partial charge in [0.15, 0.2) is 5.78 Å². The molecule has 1 amide bonds. The number of carbonyl (C=O) groups is 2. The molecular weight excluding hydrogens is 330 g/mol. The number of aryl methyl sites for hydroxylation is 1. The molecule has 2 aromatic rings. The fourth-order valence-corrected chi connectivity index (χ4v) is 4.29. The predicted molar refractivity (Wildman–Crippen MR) is 92.3 cm³/mol. The number of nitrogens with zero attached hydrogens (tertiary/aromatic N) is 1. The number of ether oxygens (including phenoxy) is 1. The number of Topliss-reactive ketones (excluding diaryl/α,β-unsaturated/α-hetero) is 1. The average molecular weight is 349 g/mol. The summed E-state index contributed by atoms with van der Waals surface area (Å²) in [6.45, 7) is 3.58. The molecule has 1 aliphatic rings. The summed E-state index contributed by atoms with van der Waals surface area (Å²) >= 11 is 3.09. The van der Waals surface area contributed by atoms with Gasteiger partial charge < -0.3 is 9.64 Å². The van der Waals surface area contributed by atoms with E-state index in [4.69, 9.17) is 4.74 Å². The summed E-state index contributed by atoms with van der Waals surface area (Å²) in [6.07, 6.45) is 0.734. The van der Waals surface area contributed by atoms with Crippen molar-refractivity contribution in [3.8, 4) is 0 Å². The molecule has 0 aliphatic carbocycles. The summed E-state index contributed by atoms with van der Waals surface area (Å²) in [7, 11) is 0. The molecule has 1 fully saturated rings. The van der Waals surface area contributed by atoms with E-state index in [1.807, 2.05) is 41.5 Å². The maximum absolute atomic E-state index is 12.6. The minimum absolute atomic E-state index is 0.0825. The summed E-state index contributed by atoms with van der Waals surface area (Å²) in [5.41, 5.74) is 0. The lowest BCUT2D eigenvalue weighted by Crippen LogP contribution is -2.50. The monoisotopic (exact) mass is 349 g/mol. The zero-order chi connectivity index (χ0) is 16.2. The van der Waals surface area contributed by atoms with E-state index in [1.54, 1.807) is 11.3 Å². The van der Waals surface area contributed by atoms with Gasteiger partial charge in [-0.3, -0.25) is 9.59 Å². The Bertz CT molecular complexity index is 678. The first-order valence-electron chi connectivity index (χ1n) is 7.62. The van der Waals surface area contributed by atoms with Crippen molar-refractivity contribution in [3.05, 3.63) is 44.3 Å². The standard InChI is InChI=1S/C17H19NO3S2/c1-12-4-5-14(23-12)10-17(20)18-6-7-21-11-13(18)9-15(19)16-3-2-8-22-16/h2-5,8,13H,6-7,9-11H2,1H3/t13-/m0/s1. The van der Waals surface area contributed by atoms with Gasteiger partial charge in [-0.2, -0.15) is 0 Å². The van der Waals surface area contributed by atoms with Crippen LogP contribution in [0.3, 0.4) is 0 Å². The number of carbonyl (C=O) groups excluding carboxylic acids is 2. The fraction of sp³-hybridized carbons (Fsp3) is 0.412. The SMILES string of the molecule is Cc1ccc(CC(=O)N2CCOC[C@@H]2CC(=O)c2cccs2)s1. The smallest absolute Gasteiger partial charge is 0.228 e. The molecule has 0 bridgehead atoms. The third-order valence-corrected chi connectivity index (χ3v) is 5.80. The average Bonchev–Trinajstić information content (AvgIpc) is 3.19. The molecule has 23 heavy (non-hydrogen) atoms. The minimum atomic E-state index is -0.160. The molecule has 0 saturated carbocycles. The van der Waals surface area contributed by atoms with E-state index in [2.05, 4.69) is 0 Å². The van der Waals surface area contributed by atoms with Gasteiger partial charge in [-0.1, -0.05) is 6.07 Å². The van der Waals surface area contributed by atoms with E-state index in [0.717, 1.165) is 9.75 Å². The molecule has 6 heteroatoms. The van der Waals surface area contributed by atoms with Crippen LogP contribution >= 0.6 is 22.7 Å². The number of thiophene rings is 2. The van der Waals surface area contributed by atoms with Crippen molar-refractivity contribution in [3.63, 3.8) is 0 Å². The molecule has 122 valence electrons. The summed E-state index contributed by atoms with van der Waals surface area (Å²) in [5.74, 6) is 0.166. The molecule has 1 atom stereocenters. The lowest BCUT2D eigenvalue weighted by atomic mass is 10.1. The van der Waals surface area contributed by atoms with Crippen molar-refractivity contribution in [1.82, 2.24) is 4.90 Å². The van der Waals surface area contributed by atoms with E-state index in [-0.39, 0.29) is 17.7 Å². The third kappa shape index (κ3) is 4.07. The quantitative estimate of drug-likeness (QED) is 0.779. The Morgan fingerprint density at radius 3 is 2.91 bits per heavy atom. The Labute approximate surface area is 143 Å². The van der Waals surface area contributed by atoms with Crippen LogP contribution in [-0.4, -0.2) is 42.4 Å². The first kappa shape index (κ1) is 16.4. The summed E-state index contributed by atoms with van der Waals surface area (Å²) in [4.78, 5) is 29.8. The molecule has 0 N–H and O–H groups in total. The molecule has 0 radical (unpaired) electrons. The van der Waals surface area contributed by atoms with Gasteiger partial charge in [0.05, 0.1) is 30.6 Å².